The van der Waals surface area contributed by atoms with Crippen LogP contribution < -0.4 is 10.1 Å². The van der Waals surface area contributed by atoms with E-state index in [0.717, 1.165) is 0 Å². The van der Waals surface area contributed by atoms with Gasteiger partial charge in [0.2, 0.25) is 5.88 Å². The van der Waals surface area contributed by atoms with Gasteiger partial charge < -0.3 is 15.2 Å². The Morgan fingerprint density at radius 3 is 2.89 bits per heavy atom. The number of nitrogens with one attached hydrogen (secondary N) is 1. The number of aromatic hydroxyl groups is 1. The van der Waals surface area contributed by atoms with Crippen molar-refractivity contribution in [2.75, 3.05) is 12.4 Å². The highest BCUT2D eigenvalue weighted by atomic mass is 35.5. The van der Waals surface area contributed by atoms with E-state index in [9.17, 15) is 9.90 Å². The summed E-state index contributed by atoms with van der Waals surface area (Å²) < 4.78 is 5.00. The van der Waals surface area contributed by atoms with Crippen LogP contribution in [-0.2, 0) is 0 Å². The topological polar surface area (TPSA) is 71.5 Å². The Balaban J connectivity index is 2.23. The number of halogens is 1. The van der Waals surface area contributed by atoms with E-state index in [0.29, 0.717) is 11.3 Å². The lowest BCUT2D eigenvalue weighted by Gasteiger charge is -2.08. The van der Waals surface area contributed by atoms with E-state index in [1.165, 1.54) is 25.4 Å². The first kappa shape index (κ1) is 13.2. The fraction of sp³-hybridized carbons (Fsp3) is 0.0769. The number of aromatic nitrogens is 1. The van der Waals surface area contributed by atoms with E-state index in [-0.39, 0.29) is 22.6 Å². The molecule has 19 heavy (non-hydrogen) atoms. The highest BCUT2D eigenvalue weighted by molar-refractivity contribution is 6.32. The Bertz CT molecular complexity index is 617. The van der Waals surface area contributed by atoms with Gasteiger partial charge in [-0.15, -0.1) is 0 Å². The van der Waals surface area contributed by atoms with Crippen LogP contribution in [-0.4, -0.2) is 23.1 Å². The number of hydrogen-bond donors (Lipinski definition) is 2. The first-order valence-electron chi connectivity index (χ1n) is 5.40. The van der Waals surface area contributed by atoms with Gasteiger partial charge in [-0.25, -0.2) is 4.98 Å². The summed E-state index contributed by atoms with van der Waals surface area (Å²) in [6.07, 6.45) is 1.53. The molecule has 0 aliphatic carbocycles. The van der Waals surface area contributed by atoms with Gasteiger partial charge in [0.25, 0.3) is 5.91 Å². The van der Waals surface area contributed by atoms with Gasteiger partial charge >= 0.3 is 0 Å². The van der Waals surface area contributed by atoms with Crippen LogP contribution in [0.1, 0.15) is 10.4 Å². The second-order valence-corrected chi connectivity index (χ2v) is 4.09. The Kier molecular flexibility index (Phi) is 3.87. The molecule has 1 heterocycles. The Morgan fingerprint density at radius 2 is 2.21 bits per heavy atom. The van der Waals surface area contributed by atoms with Crippen molar-refractivity contribution in [1.29, 1.82) is 0 Å². The lowest BCUT2D eigenvalue weighted by atomic mass is 10.2. The van der Waals surface area contributed by atoms with Crippen molar-refractivity contribution in [3.63, 3.8) is 0 Å². The molecule has 0 saturated heterocycles. The molecule has 0 spiro atoms. The average molecular weight is 279 g/mol. The number of anilines is 1. The number of phenols is 1. The van der Waals surface area contributed by atoms with Crippen molar-refractivity contribution >= 4 is 23.2 Å². The molecule has 5 nitrogen and oxygen atoms in total. The molecule has 2 N–H and O–H groups in total. The van der Waals surface area contributed by atoms with Gasteiger partial charge in [0, 0.05) is 18.0 Å². The summed E-state index contributed by atoms with van der Waals surface area (Å²) in [5.41, 5.74) is 0.734. The van der Waals surface area contributed by atoms with E-state index in [1.807, 2.05) is 0 Å². The van der Waals surface area contributed by atoms with Crippen LogP contribution in [0, 0.1) is 0 Å². The second kappa shape index (κ2) is 5.58. The normalized spacial score (nSPS) is 10.0. The third-order valence-corrected chi connectivity index (χ3v) is 2.73. The van der Waals surface area contributed by atoms with Gasteiger partial charge in [-0.2, -0.15) is 0 Å². The van der Waals surface area contributed by atoms with Gasteiger partial charge in [0.05, 0.1) is 12.1 Å². The van der Waals surface area contributed by atoms with Crippen LogP contribution in [0.25, 0.3) is 0 Å². The third-order valence-electron chi connectivity index (χ3n) is 2.41. The summed E-state index contributed by atoms with van der Waals surface area (Å²) in [4.78, 5) is 16.0. The Hall–Kier alpha value is -2.27. The number of carbonyl (C=O) groups excluding carboxylic acids is 1. The first-order chi connectivity index (χ1) is 9.11. The number of phenolic OH excluding ortho intramolecular Hbond substituents is 1. The SMILES string of the molecule is COc1ncccc1C(=O)Nc1ccc(Cl)c(O)c1. The number of pyridine rings is 1. The summed E-state index contributed by atoms with van der Waals surface area (Å²) in [7, 11) is 1.44. The lowest BCUT2D eigenvalue weighted by Crippen LogP contribution is -2.13. The van der Waals surface area contributed by atoms with Crippen LogP contribution in [0.4, 0.5) is 5.69 Å². The zero-order valence-electron chi connectivity index (χ0n) is 10.1. The number of amides is 1. The third kappa shape index (κ3) is 2.95. The van der Waals surface area contributed by atoms with Crippen molar-refractivity contribution in [2.45, 2.75) is 0 Å². The minimum absolute atomic E-state index is 0.0994. The molecule has 0 radical (unpaired) electrons. The molecule has 1 amide bonds. The molecule has 2 aromatic rings. The molecule has 1 aromatic heterocycles. The molecule has 0 fully saturated rings. The zero-order chi connectivity index (χ0) is 13.8. The van der Waals surface area contributed by atoms with Crippen molar-refractivity contribution in [2.24, 2.45) is 0 Å². The first-order valence-corrected chi connectivity index (χ1v) is 5.78. The summed E-state index contributed by atoms with van der Waals surface area (Å²) in [6, 6.07) is 7.67. The molecule has 6 heteroatoms. The molecule has 0 saturated carbocycles. The monoisotopic (exact) mass is 278 g/mol. The van der Waals surface area contributed by atoms with E-state index >= 15 is 0 Å². The maximum absolute atomic E-state index is 12.0. The summed E-state index contributed by atoms with van der Waals surface area (Å²) in [6.45, 7) is 0. The number of benzene rings is 1. The number of nitrogens with zero attached hydrogens (tertiary/aromatic N) is 1. The highest BCUT2D eigenvalue weighted by Crippen LogP contribution is 2.26. The summed E-state index contributed by atoms with van der Waals surface area (Å²) >= 11 is 5.69. The average Bonchev–Trinajstić information content (AvgIpc) is 2.43. The van der Waals surface area contributed by atoms with Gasteiger partial charge in [-0.3, -0.25) is 4.79 Å². The van der Waals surface area contributed by atoms with Gasteiger partial charge in [-0.05, 0) is 24.3 Å². The van der Waals surface area contributed by atoms with Crippen molar-refractivity contribution < 1.29 is 14.6 Å². The minimum Gasteiger partial charge on any atom is -0.506 e. The molecule has 1 aromatic carbocycles. The summed E-state index contributed by atoms with van der Waals surface area (Å²) in [5, 5.41) is 12.3. The van der Waals surface area contributed by atoms with Crippen molar-refractivity contribution in [1.82, 2.24) is 4.98 Å². The number of methoxy groups -OCH3 is 1. The number of carbonyl (C=O) groups is 1. The predicted octanol–water partition coefficient (Wildman–Crippen LogP) is 2.70. The maximum atomic E-state index is 12.0. The number of rotatable bonds is 3. The molecule has 98 valence electrons. The van der Waals surface area contributed by atoms with E-state index < -0.39 is 0 Å². The Morgan fingerprint density at radius 1 is 1.42 bits per heavy atom. The molecule has 0 unspecified atom stereocenters. The van der Waals surface area contributed by atoms with E-state index in [1.54, 1.807) is 18.2 Å². The summed E-state index contributed by atoms with van der Waals surface area (Å²) in [5.74, 6) is -0.248. The van der Waals surface area contributed by atoms with E-state index in [2.05, 4.69) is 10.3 Å². The van der Waals surface area contributed by atoms with Crippen LogP contribution in [0.3, 0.4) is 0 Å². The van der Waals surface area contributed by atoms with Gasteiger partial charge in [-0.1, -0.05) is 11.6 Å². The molecule has 0 aliphatic heterocycles. The van der Waals surface area contributed by atoms with E-state index in [4.69, 9.17) is 16.3 Å². The van der Waals surface area contributed by atoms with Crippen LogP contribution >= 0.6 is 11.6 Å². The van der Waals surface area contributed by atoms with Gasteiger partial charge in [0.1, 0.15) is 11.3 Å². The number of hydrogen-bond acceptors (Lipinski definition) is 4. The molecular formula is C13H11ClN2O3. The van der Waals surface area contributed by atoms with Crippen LogP contribution in [0.2, 0.25) is 5.02 Å². The van der Waals surface area contributed by atoms with Crippen LogP contribution in [0.5, 0.6) is 11.6 Å². The lowest BCUT2D eigenvalue weighted by molar-refractivity contribution is 0.102. The zero-order valence-corrected chi connectivity index (χ0v) is 10.8. The largest absolute Gasteiger partial charge is 0.506 e. The Labute approximate surface area is 114 Å². The van der Waals surface area contributed by atoms with Crippen LogP contribution in [0.15, 0.2) is 36.5 Å². The van der Waals surface area contributed by atoms with Crippen molar-refractivity contribution in [3.05, 3.63) is 47.1 Å². The molecule has 0 bridgehead atoms. The molecular weight excluding hydrogens is 268 g/mol. The second-order valence-electron chi connectivity index (χ2n) is 3.68. The fourth-order valence-electron chi connectivity index (χ4n) is 1.52. The van der Waals surface area contributed by atoms with Crippen molar-refractivity contribution in [3.8, 4) is 11.6 Å². The highest BCUT2D eigenvalue weighted by Gasteiger charge is 2.13. The molecule has 0 aliphatic rings. The maximum Gasteiger partial charge on any atom is 0.261 e. The molecule has 0 atom stereocenters. The smallest absolute Gasteiger partial charge is 0.261 e. The standard InChI is InChI=1S/C13H11ClN2O3/c1-19-13-9(3-2-6-15-13)12(18)16-8-4-5-10(14)11(17)7-8/h2-7,17H,1H3,(H,16,18). The van der Waals surface area contributed by atoms with Gasteiger partial charge in [0.15, 0.2) is 0 Å². The minimum atomic E-state index is -0.383. The predicted molar refractivity (Wildman–Crippen MR) is 71.9 cm³/mol. The molecule has 2 rings (SSSR count). The quantitative estimate of drug-likeness (QED) is 0.905. The number of ether oxygens (including phenoxy) is 1. The fourth-order valence-corrected chi connectivity index (χ4v) is 1.63.